The number of Topliss-reactive ketones (excluding diaryl/α,β-unsaturated/α-hetero) is 5. The molecule has 28 heteroatoms. The van der Waals surface area contributed by atoms with E-state index < -0.39 is 125 Å². The largest absolute Gasteiger partial charge is 0.445 e. The van der Waals surface area contributed by atoms with Gasteiger partial charge in [0.25, 0.3) is 0 Å². The van der Waals surface area contributed by atoms with Gasteiger partial charge in [-0.1, -0.05) is 132 Å². The minimum absolute atomic E-state index is 0. The lowest BCUT2D eigenvalue weighted by atomic mass is 9.83. The number of carbonyl (C=O) groups is 12. The molecule has 0 radical (unpaired) electrons. The third-order valence-corrected chi connectivity index (χ3v) is 22.3. The van der Waals surface area contributed by atoms with Crippen LogP contribution in [-0.2, 0) is 75.2 Å². The minimum atomic E-state index is -1.50. The van der Waals surface area contributed by atoms with E-state index in [1.54, 1.807) is 63.4 Å². The van der Waals surface area contributed by atoms with Gasteiger partial charge in [0.05, 0.1) is 66.0 Å². The van der Waals surface area contributed by atoms with E-state index in [-0.39, 0.29) is 144 Å². The predicted octanol–water partition coefficient (Wildman–Crippen LogP) is 10.4. The molecule has 4 rings (SSSR count). The van der Waals surface area contributed by atoms with Crippen molar-refractivity contribution in [3.8, 4) is 0 Å². The Balaban J connectivity index is 0.0000331. The fourth-order valence-electron chi connectivity index (χ4n) is 14.5. The smallest absolute Gasteiger partial charge is 0.408 e. The molecule has 11 N–H and O–H groups in total. The maximum absolute atomic E-state index is 14.9. The summed E-state index contributed by atoms with van der Waals surface area (Å²) in [5, 5.41) is 29.6. The first-order chi connectivity index (χ1) is 52.6. The Bertz CT molecular complexity index is 3530. The number of unbranched alkanes of at least 4 members (excludes halogenated alkanes) is 1. The average Bonchev–Trinajstić information content (AvgIpc) is 1.50. The summed E-state index contributed by atoms with van der Waals surface area (Å²) in [5.74, 6) is -7.73. The maximum atomic E-state index is 14.9. The number of aliphatic hydroxyl groups excluding tert-OH is 1. The lowest BCUT2D eigenvalue weighted by Crippen LogP contribution is -2.55. The molecule has 2 heterocycles. The molecule has 13 atom stereocenters. The van der Waals surface area contributed by atoms with Gasteiger partial charge in [-0.05, 0) is 127 Å². The van der Waals surface area contributed by atoms with E-state index in [0.717, 1.165) is 17.0 Å². The number of ketones is 5. The van der Waals surface area contributed by atoms with Crippen LogP contribution >= 0.6 is 11.3 Å². The number of methoxy groups -OCH3 is 2. The molecule has 0 unspecified atom stereocenters. The highest BCUT2D eigenvalue weighted by molar-refractivity contribution is 7.09. The number of likely N-dealkylation sites (N-methyl/N-ethyl adjacent to an activating group) is 1. The van der Waals surface area contributed by atoms with Crippen molar-refractivity contribution in [3.05, 3.63) is 82.3 Å². The molecule has 1 fully saturated rings. The van der Waals surface area contributed by atoms with Crippen LogP contribution in [0.4, 0.5) is 15.3 Å². The van der Waals surface area contributed by atoms with Crippen LogP contribution < -0.4 is 43.4 Å². The Morgan fingerprint density at radius 3 is 1.93 bits per heavy atom. The number of amides is 8. The fraction of sp³-hybridized carbons (Fsp3) is 0.682. The van der Waals surface area contributed by atoms with Gasteiger partial charge in [-0.3, -0.25) is 47.9 Å². The van der Waals surface area contributed by atoms with Crippen LogP contribution in [0, 0.1) is 46.8 Å². The van der Waals surface area contributed by atoms with E-state index in [9.17, 15) is 62.6 Å². The molecule has 1 saturated heterocycles. The second-order valence-electron chi connectivity index (χ2n) is 33.6. The number of primary amides is 1. The number of benzene rings is 2. The second kappa shape index (κ2) is 47.8. The van der Waals surface area contributed by atoms with E-state index in [0.29, 0.717) is 56.3 Å². The maximum Gasteiger partial charge on any atom is 0.408 e. The molecule has 3 aromatic rings. The Kier molecular flexibility index (Phi) is 42.0. The van der Waals surface area contributed by atoms with E-state index in [4.69, 9.17) is 25.7 Å². The van der Waals surface area contributed by atoms with Crippen molar-refractivity contribution in [2.45, 2.75) is 280 Å². The highest BCUT2D eigenvalue weighted by Crippen LogP contribution is 2.35. The first kappa shape index (κ1) is 99.3. The number of aromatic nitrogens is 1. The normalized spacial score (nSPS) is 16.4. The van der Waals surface area contributed by atoms with Gasteiger partial charge in [0.15, 0.2) is 23.1 Å². The number of nitrogens with zero attached hydrogens (tertiary/aromatic N) is 3. The summed E-state index contributed by atoms with van der Waals surface area (Å²) in [7, 11) is 4.78. The van der Waals surface area contributed by atoms with Gasteiger partial charge in [-0.25, -0.2) is 14.6 Å². The number of alkyl carbamates (subject to hydrolysis) is 1. The molecule has 0 bridgehead atoms. The van der Waals surface area contributed by atoms with Crippen LogP contribution in [0.1, 0.15) is 230 Å². The number of ether oxygens (including phenoxy) is 3. The van der Waals surface area contributed by atoms with Crippen molar-refractivity contribution in [2.24, 2.45) is 58.3 Å². The Hall–Kier alpha value is -7.89. The van der Waals surface area contributed by atoms with Gasteiger partial charge < -0.3 is 72.5 Å². The molecule has 1 aromatic heterocycles. The lowest BCUT2D eigenvalue weighted by molar-refractivity contribution is -0.149. The molecule has 1 aliphatic rings. The first-order valence-electron chi connectivity index (χ1n) is 39.9. The van der Waals surface area contributed by atoms with Gasteiger partial charge in [-0.15, -0.1) is 11.3 Å². The Morgan fingerprint density at radius 2 is 1.36 bits per heavy atom. The van der Waals surface area contributed by atoms with Gasteiger partial charge >= 0.3 is 12.1 Å². The molecular weight excluding hydrogens is 1460 g/mol. The molecule has 27 nitrogen and oxygen atoms in total. The number of likely N-dealkylation sites (tertiary alicyclic amines) is 1. The van der Waals surface area contributed by atoms with Gasteiger partial charge in [0.2, 0.25) is 29.5 Å². The van der Waals surface area contributed by atoms with Crippen LogP contribution in [0.15, 0.2) is 66.2 Å². The number of anilines is 1. The molecular formula is C85H137N11O16S. The number of rotatable bonds is 50. The molecule has 0 spiro atoms. The van der Waals surface area contributed by atoms with Crippen molar-refractivity contribution in [2.75, 3.05) is 52.8 Å². The Morgan fingerprint density at radius 1 is 0.735 bits per heavy atom. The van der Waals surface area contributed by atoms with Crippen LogP contribution in [0.5, 0.6) is 0 Å². The van der Waals surface area contributed by atoms with Gasteiger partial charge in [0, 0.05) is 131 Å². The van der Waals surface area contributed by atoms with Crippen LogP contribution in [-0.4, -0.2) is 191 Å². The van der Waals surface area contributed by atoms with E-state index >= 15 is 0 Å². The SMILES string of the molecule is C.CC[C@H](C)[C@@H]([C@@H](CC(=O)N1CCC[C@H]1[C@H](OC)[C@@H](C)C(=O)C[C@@H](Cc1ccccc1)c1nccs1)OC)N(C)C(=O)[C@@H](CC(=O)C(C)(C)NC(=O)OCc1ccc(NC(=O)[C@H](CCCNC(N)=O)CC(=O)[C@@H](NC(=O)[C@H](CCCCNC(=O)CC[C@@H](NC(C)(C)C)C(=O)C(C)(C)C)CC(=O)[C@@H](N)CO)C(C)C)cc1)C(C)C. The molecule has 113 heavy (non-hydrogen) atoms. The summed E-state index contributed by atoms with van der Waals surface area (Å²) in [5.41, 5.74) is 10.7. The number of nitrogens with one attached hydrogen (secondary N) is 6. The summed E-state index contributed by atoms with van der Waals surface area (Å²) in [6, 6.07) is 11.8. The zero-order valence-corrected chi connectivity index (χ0v) is 70.7. The van der Waals surface area contributed by atoms with Gasteiger partial charge in [0.1, 0.15) is 12.4 Å². The second-order valence-corrected chi connectivity index (χ2v) is 34.6. The average molecular weight is 1600 g/mol. The third kappa shape index (κ3) is 32.7. The highest BCUT2D eigenvalue weighted by atomic mass is 32.1. The number of nitrogens with two attached hydrogens (primary N) is 2. The Labute approximate surface area is 676 Å². The molecule has 2 aromatic carbocycles. The molecule has 634 valence electrons. The van der Waals surface area contributed by atoms with Crippen molar-refractivity contribution >= 4 is 87.6 Å². The summed E-state index contributed by atoms with van der Waals surface area (Å²) in [6.45, 7) is 27.4. The van der Waals surface area contributed by atoms with Crippen LogP contribution in [0.2, 0.25) is 0 Å². The first-order valence-corrected chi connectivity index (χ1v) is 40.8. The summed E-state index contributed by atoms with van der Waals surface area (Å²) < 4.78 is 17.9. The topological polar surface area (TPSA) is 396 Å². The van der Waals surface area contributed by atoms with Crippen LogP contribution in [0.3, 0.4) is 0 Å². The van der Waals surface area contributed by atoms with Crippen molar-refractivity contribution in [1.82, 2.24) is 41.4 Å². The minimum Gasteiger partial charge on any atom is -0.445 e. The summed E-state index contributed by atoms with van der Waals surface area (Å²) in [4.78, 5) is 173. The van der Waals surface area contributed by atoms with E-state index in [1.807, 2.05) is 117 Å². The highest BCUT2D eigenvalue weighted by Gasteiger charge is 2.45. The number of hydrogen-bond donors (Lipinski definition) is 9. The number of hydrogen-bond acceptors (Lipinski definition) is 20. The number of carbonyl (C=O) groups excluding carboxylic acids is 12. The molecule has 0 aliphatic carbocycles. The quantitative estimate of drug-likeness (QED) is 0.0237. The predicted molar refractivity (Wildman–Crippen MR) is 440 cm³/mol. The number of thiazole rings is 1. The van der Waals surface area contributed by atoms with Crippen molar-refractivity contribution in [1.29, 1.82) is 0 Å². The van der Waals surface area contributed by atoms with E-state index in [1.165, 1.54) is 32.3 Å². The number of urea groups is 1. The zero-order chi connectivity index (χ0) is 84.0. The monoisotopic (exact) mass is 1600 g/mol. The molecule has 1 aliphatic heterocycles. The zero-order valence-electron chi connectivity index (χ0n) is 69.8. The number of aliphatic hydroxyl groups is 1. The third-order valence-electron chi connectivity index (χ3n) is 21.4. The summed E-state index contributed by atoms with van der Waals surface area (Å²) >= 11 is 1.53. The molecule has 8 amide bonds. The van der Waals surface area contributed by atoms with Crippen molar-refractivity contribution in [3.63, 3.8) is 0 Å². The van der Waals surface area contributed by atoms with Crippen molar-refractivity contribution < 1.29 is 76.9 Å². The fourth-order valence-corrected chi connectivity index (χ4v) is 15.2. The van der Waals surface area contributed by atoms with E-state index in [2.05, 4.69) is 36.9 Å². The standard InChI is InChI=1S/C84H133N11O16S.CH4/c1-19-53(6)73(68(109-17)48-71(102)95-41-26-31-64(95)74(110-18)54(7)65(97)46-59(78-88-40-42-112-78)43-55-27-21-20-22-28-55)94(16)79(106)61(51(2)3)47-69(100)84(14,15)93-81(108)111-50-56-32-34-60(35-33-56)90-76(104)58(30-25-39-89-80(86)107)45-67(99)72(52(4)5)91-77(105)57(44-66(98)62(85)49-96)29-23-24-38-87-70(101)37-36-63(92-83(11,12)13)75(103)82(8,9)10;/h20-22,27-28,32-35,40,42,51-54,57-59,61-64,68,72-74,92,96H,19,23-26,29-31,36-39,41,43-50,85H2,1-18H3,(H,87,101)(H,90,104)(H,91,105)(H,93,108)(H3,86,89,107);1H4/t53-,54-,57+,58+,59+,61-,62-,63+,64-,68+,72-,73-,74+;/m0./s1. The molecule has 0 saturated carbocycles. The summed E-state index contributed by atoms with van der Waals surface area (Å²) in [6.07, 6.45) is 3.24. The lowest BCUT2D eigenvalue weighted by Gasteiger charge is -2.41. The van der Waals surface area contributed by atoms with Crippen LogP contribution in [0.25, 0.3) is 0 Å². The van der Waals surface area contributed by atoms with Gasteiger partial charge in [-0.2, -0.15) is 0 Å².